The van der Waals surface area contributed by atoms with Gasteiger partial charge in [0.05, 0.1) is 18.2 Å². The van der Waals surface area contributed by atoms with Gasteiger partial charge in [0.1, 0.15) is 13.2 Å². The lowest BCUT2D eigenvalue weighted by Gasteiger charge is -2.48. The minimum Gasteiger partial charge on any atom is -0.486 e. The molecule has 0 atom stereocenters. The van der Waals surface area contributed by atoms with Crippen LogP contribution in [0, 0.1) is 0 Å². The number of halogens is 1. The number of benzene rings is 1. The van der Waals surface area contributed by atoms with Gasteiger partial charge in [-0.2, -0.15) is 0 Å². The molecular formula is C20H27ClN2O4. The number of carbonyl (C=O) groups excluding carboxylic acids is 1. The summed E-state index contributed by atoms with van der Waals surface area (Å²) in [5, 5.41) is 3.58. The SMILES string of the molecule is O=C(NCC1(N2CCOCC2)CCCCC1)c1cc(Cl)c2c(c1)OCCO2. The Hall–Kier alpha value is -1.50. The molecule has 148 valence electrons. The summed E-state index contributed by atoms with van der Waals surface area (Å²) in [7, 11) is 0. The molecule has 1 aromatic carbocycles. The number of morpholine rings is 1. The highest BCUT2D eigenvalue weighted by Gasteiger charge is 2.39. The molecule has 27 heavy (non-hydrogen) atoms. The van der Waals surface area contributed by atoms with Crippen molar-refractivity contribution in [1.82, 2.24) is 10.2 Å². The molecule has 0 bridgehead atoms. The lowest BCUT2D eigenvalue weighted by atomic mass is 9.79. The maximum atomic E-state index is 12.8. The highest BCUT2D eigenvalue weighted by molar-refractivity contribution is 6.32. The first-order valence-corrected chi connectivity index (χ1v) is 10.3. The summed E-state index contributed by atoms with van der Waals surface area (Å²) < 4.78 is 16.7. The smallest absolute Gasteiger partial charge is 0.251 e. The monoisotopic (exact) mass is 394 g/mol. The lowest BCUT2D eigenvalue weighted by Crippen LogP contribution is -2.59. The Bertz CT molecular complexity index is 685. The van der Waals surface area contributed by atoms with Crippen molar-refractivity contribution >= 4 is 17.5 Å². The van der Waals surface area contributed by atoms with E-state index in [4.69, 9.17) is 25.8 Å². The fourth-order valence-electron chi connectivity index (χ4n) is 4.44. The third kappa shape index (κ3) is 4.03. The molecular weight excluding hydrogens is 368 g/mol. The third-order valence-electron chi connectivity index (χ3n) is 5.90. The predicted octanol–water partition coefficient (Wildman–Crippen LogP) is 2.88. The van der Waals surface area contributed by atoms with Crippen LogP contribution in [0.4, 0.5) is 0 Å². The number of fused-ring (bicyclic) bond motifs is 1. The van der Waals surface area contributed by atoms with E-state index in [0.717, 1.165) is 39.1 Å². The summed E-state index contributed by atoms with van der Waals surface area (Å²) in [5.74, 6) is 0.947. The molecule has 4 rings (SSSR count). The average molecular weight is 395 g/mol. The molecule has 1 N–H and O–H groups in total. The van der Waals surface area contributed by atoms with Crippen LogP contribution in [0.15, 0.2) is 12.1 Å². The topological polar surface area (TPSA) is 60.0 Å². The van der Waals surface area contributed by atoms with E-state index >= 15 is 0 Å². The Kier molecular flexibility index (Phi) is 5.76. The fraction of sp³-hybridized carbons (Fsp3) is 0.650. The van der Waals surface area contributed by atoms with E-state index in [1.165, 1.54) is 19.3 Å². The number of rotatable bonds is 4. The quantitative estimate of drug-likeness (QED) is 0.850. The van der Waals surface area contributed by atoms with Crippen LogP contribution in [0.5, 0.6) is 11.5 Å². The van der Waals surface area contributed by atoms with Crippen LogP contribution in [0.3, 0.4) is 0 Å². The molecule has 0 unspecified atom stereocenters. The van der Waals surface area contributed by atoms with Gasteiger partial charge in [0.2, 0.25) is 0 Å². The summed E-state index contributed by atoms with van der Waals surface area (Å²) in [5.41, 5.74) is 0.548. The Morgan fingerprint density at radius 1 is 1.07 bits per heavy atom. The number of hydrogen-bond acceptors (Lipinski definition) is 5. The number of carbonyl (C=O) groups is 1. The van der Waals surface area contributed by atoms with Crippen molar-refractivity contribution in [2.24, 2.45) is 0 Å². The van der Waals surface area contributed by atoms with Gasteiger partial charge < -0.3 is 19.5 Å². The number of nitrogens with zero attached hydrogens (tertiary/aromatic N) is 1. The Labute approximate surface area is 165 Å². The summed E-state index contributed by atoms with van der Waals surface area (Å²) in [6.45, 7) is 5.01. The molecule has 1 saturated heterocycles. The van der Waals surface area contributed by atoms with Crippen LogP contribution >= 0.6 is 11.6 Å². The minimum atomic E-state index is -0.118. The van der Waals surface area contributed by atoms with Crippen LogP contribution < -0.4 is 14.8 Å². The summed E-state index contributed by atoms with van der Waals surface area (Å²) in [4.78, 5) is 15.4. The minimum absolute atomic E-state index is 0.0370. The molecule has 7 heteroatoms. The van der Waals surface area contributed by atoms with Crippen molar-refractivity contribution in [2.75, 3.05) is 46.1 Å². The van der Waals surface area contributed by atoms with E-state index < -0.39 is 0 Å². The summed E-state index contributed by atoms with van der Waals surface area (Å²) in [6.07, 6.45) is 5.94. The van der Waals surface area contributed by atoms with Gasteiger partial charge in [0.25, 0.3) is 5.91 Å². The van der Waals surface area contributed by atoms with Gasteiger partial charge in [-0.3, -0.25) is 9.69 Å². The second-order valence-electron chi connectivity index (χ2n) is 7.55. The maximum Gasteiger partial charge on any atom is 0.251 e. The average Bonchev–Trinajstić information content (AvgIpc) is 2.73. The number of amides is 1. The molecule has 1 amide bonds. The normalized spacial score (nSPS) is 22.3. The third-order valence-corrected chi connectivity index (χ3v) is 6.18. The first kappa shape index (κ1) is 18.8. The molecule has 0 spiro atoms. The van der Waals surface area contributed by atoms with Crippen molar-refractivity contribution < 1.29 is 19.0 Å². The molecule has 6 nitrogen and oxygen atoms in total. The molecule has 2 heterocycles. The van der Waals surface area contributed by atoms with Crippen LogP contribution in [0.2, 0.25) is 5.02 Å². The highest BCUT2D eigenvalue weighted by atomic mass is 35.5. The van der Waals surface area contributed by atoms with Gasteiger partial charge in [-0.15, -0.1) is 0 Å². The lowest BCUT2D eigenvalue weighted by molar-refractivity contribution is -0.0361. The highest BCUT2D eigenvalue weighted by Crippen LogP contribution is 2.38. The van der Waals surface area contributed by atoms with Crippen molar-refractivity contribution in [2.45, 2.75) is 37.6 Å². The second kappa shape index (κ2) is 8.25. The van der Waals surface area contributed by atoms with Crippen molar-refractivity contribution in [3.63, 3.8) is 0 Å². The van der Waals surface area contributed by atoms with Gasteiger partial charge in [-0.05, 0) is 25.0 Å². The van der Waals surface area contributed by atoms with Gasteiger partial charge in [0.15, 0.2) is 11.5 Å². The predicted molar refractivity (Wildman–Crippen MR) is 103 cm³/mol. The van der Waals surface area contributed by atoms with E-state index in [1.54, 1.807) is 12.1 Å². The van der Waals surface area contributed by atoms with E-state index in [1.807, 2.05) is 0 Å². The number of nitrogens with one attached hydrogen (secondary N) is 1. The van der Waals surface area contributed by atoms with Crippen LogP contribution in [-0.4, -0.2) is 62.4 Å². The van der Waals surface area contributed by atoms with E-state index in [0.29, 0.717) is 41.8 Å². The first-order chi connectivity index (χ1) is 13.2. The molecule has 3 aliphatic rings. The molecule has 2 fully saturated rings. The standard InChI is InChI=1S/C20H27ClN2O4/c21-16-12-15(13-17-18(16)27-11-10-26-17)19(24)22-14-20(4-2-1-3-5-20)23-6-8-25-9-7-23/h12-13H,1-11,14H2,(H,22,24). The molecule has 0 aromatic heterocycles. The van der Waals surface area contributed by atoms with E-state index in [2.05, 4.69) is 10.2 Å². The van der Waals surface area contributed by atoms with Gasteiger partial charge in [-0.1, -0.05) is 30.9 Å². The van der Waals surface area contributed by atoms with Gasteiger partial charge >= 0.3 is 0 Å². The largest absolute Gasteiger partial charge is 0.486 e. The Morgan fingerprint density at radius 2 is 1.81 bits per heavy atom. The van der Waals surface area contributed by atoms with Crippen molar-refractivity contribution in [1.29, 1.82) is 0 Å². The number of ether oxygens (including phenoxy) is 3. The first-order valence-electron chi connectivity index (χ1n) is 9.88. The van der Waals surface area contributed by atoms with Crippen LogP contribution in [0.25, 0.3) is 0 Å². The van der Waals surface area contributed by atoms with Crippen molar-refractivity contribution in [3.05, 3.63) is 22.7 Å². The van der Waals surface area contributed by atoms with Gasteiger partial charge in [0, 0.05) is 30.7 Å². The van der Waals surface area contributed by atoms with Crippen molar-refractivity contribution in [3.8, 4) is 11.5 Å². The second-order valence-corrected chi connectivity index (χ2v) is 7.96. The van der Waals surface area contributed by atoms with E-state index in [9.17, 15) is 4.79 Å². The number of hydrogen-bond donors (Lipinski definition) is 1. The summed E-state index contributed by atoms with van der Waals surface area (Å²) >= 11 is 6.28. The van der Waals surface area contributed by atoms with Gasteiger partial charge in [-0.25, -0.2) is 0 Å². The maximum absolute atomic E-state index is 12.8. The van der Waals surface area contributed by atoms with Crippen LogP contribution in [-0.2, 0) is 4.74 Å². The molecule has 1 saturated carbocycles. The zero-order valence-corrected chi connectivity index (χ0v) is 16.4. The fourth-order valence-corrected chi connectivity index (χ4v) is 4.71. The zero-order valence-electron chi connectivity index (χ0n) is 15.6. The zero-order chi connectivity index (χ0) is 18.7. The van der Waals surface area contributed by atoms with E-state index in [-0.39, 0.29) is 11.4 Å². The summed E-state index contributed by atoms with van der Waals surface area (Å²) in [6, 6.07) is 3.38. The Balaban J connectivity index is 1.47. The van der Waals surface area contributed by atoms with Crippen LogP contribution in [0.1, 0.15) is 42.5 Å². The Morgan fingerprint density at radius 3 is 2.59 bits per heavy atom. The molecule has 0 radical (unpaired) electrons. The molecule has 1 aliphatic carbocycles. The molecule has 1 aromatic rings. The molecule has 2 aliphatic heterocycles.